The van der Waals surface area contributed by atoms with Crippen LogP contribution in [0.5, 0.6) is 0 Å². The molecular formula is C14H20N4O. The van der Waals surface area contributed by atoms with Gasteiger partial charge in [0.2, 0.25) is 11.9 Å². The van der Waals surface area contributed by atoms with Crippen molar-refractivity contribution in [2.75, 3.05) is 5.32 Å². The smallest absolute Gasteiger partial charge is 0.248 e. The van der Waals surface area contributed by atoms with Gasteiger partial charge in [0.05, 0.1) is 0 Å². The van der Waals surface area contributed by atoms with Crippen LogP contribution in [-0.2, 0) is 17.8 Å². The molecule has 0 unspecified atom stereocenters. The molecule has 0 saturated carbocycles. The summed E-state index contributed by atoms with van der Waals surface area (Å²) < 4.78 is 1.92. The van der Waals surface area contributed by atoms with Gasteiger partial charge in [-0.15, -0.1) is 5.10 Å². The van der Waals surface area contributed by atoms with Gasteiger partial charge in [-0.3, -0.25) is 10.1 Å². The summed E-state index contributed by atoms with van der Waals surface area (Å²) >= 11 is 0. The Kier molecular flexibility index (Phi) is 3.36. The Morgan fingerprint density at radius 2 is 2.21 bits per heavy atom. The van der Waals surface area contributed by atoms with Crippen molar-refractivity contribution in [3.8, 4) is 0 Å². The lowest BCUT2D eigenvalue weighted by atomic mass is 9.84. The lowest BCUT2D eigenvalue weighted by Gasteiger charge is -2.23. The van der Waals surface area contributed by atoms with E-state index in [4.69, 9.17) is 0 Å². The normalized spacial score (nSPS) is 25.9. The summed E-state index contributed by atoms with van der Waals surface area (Å²) in [4.78, 5) is 16.7. The molecule has 0 radical (unpaired) electrons. The molecule has 1 amide bonds. The molecule has 0 aromatic carbocycles. The zero-order valence-electron chi connectivity index (χ0n) is 11.3. The third kappa shape index (κ3) is 2.55. The van der Waals surface area contributed by atoms with Gasteiger partial charge in [-0.25, -0.2) is 4.68 Å². The first-order valence-corrected chi connectivity index (χ1v) is 7.13. The molecule has 2 heterocycles. The summed E-state index contributed by atoms with van der Waals surface area (Å²) in [5.74, 6) is 1.97. The summed E-state index contributed by atoms with van der Waals surface area (Å²) in [6.45, 7) is 3.04. The Hall–Kier alpha value is -1.65. The molecule has 2 atom stereocenters. The van der Waals surface area contributed by atoms with E-state index >= 15 is 0 Å². The second kappa shape index (κ2) is 5.15. The quantitative estimate of drug-likeness (QED) is 0.829. The lowest BCUT2D eigenvalue weighted by Crippen LogP contribution is -2.29. The Morgan fingerprint density at radius 1 is 1.37 bits per heavy atom. The average Bonchev–Trinajstić information content (AvgIpc) is 2.81. The van der Waals surface area contributed by atoms with E-state index in [1.165, 1.54) is 0 Å². The number of hydrogen-bond donors (Lipinski definition) is 1. The van der Waals surface area contributed by atoms with E-state index in [1.54, 1.807) is 0 Å². The molecule has 1 aliphatic heterocycles. The molecule has 0 spiro atoms. The van der Waals surface area contributed by atoms with Crippen molar-refractivity contribution in [1.29, 1.82) is 0 Å². The molecule has 1 aliphatic carbocycles. The number of aromatic nitrogens is 3. The number of rotatable bonds is 2. The first-order valence-electron chi connectivity index (χ1n) is 7.13. The van der Waals surface area contributed by atoms with Gasteiger partial charge < -0.3 is 0 Å². The van der Waals surface area contributed by atoms with Crippen LogP contribution in [-0.4, -0.2) is 20.7 Å². The summed E-state index contributed by atoms with van der Waals surface area (Å²) in [6, 6.07) is 0. The van der Waals surface area contributed by atoms with Crippen LogP contribution in [0.2, 0.25) is 0 Å². The van der Waals surface area contributed by atoms with Gasteiger partial charge in [-0.1, -0.05) is 19.1 Å². The van der Waals surface area contributed by atoms with Crippen LogP contribution in [0.15, 0.2) is 12.2 Å². The molecule has 102 valence electrons. The monoisotopic (exact) mass is 260 g/mol. The van der Waals surface area contributed by atoms with Crippen LogP contribution in [0.1, 0.15) is 38.4 Å². The fraction of sp³-hybridized carbons (Fsp3) is 0.643. The van der Waals surface area contributed by atoms with Gasteiger partial charge in [0.15, 0.2) is 0 Å². The van der Waals surface area contributed by atoms with E-state index in [0.717, 1.165) is 44.5 Å². The van der Waals surface area contributed by atoms with Crippen molar-refractivity contribution in [3.05, 3.63) is 18.0 Å². The van der Waals surface area contributed by atoms with E-state index < -0.39 is 0 Å². The number of carbonyl (C=O) groups is 1. The minimum atomic E-state index is 0.0468. The molecule has 5 heteroatoms. The van der Waals surface area contributed by atoms with Gasteiger partial charge >= 0.3 is 0 Å². The van der Waals surface area contributed by atoms with Crippen LogP contribution < -0.4 is 5.32 Å². The van der Waals surface area contributed by atoms with E-state index in [-0.39, 0.29) is 11.8 Å². The molecule has 1 aromatic heterocycles. The summed E-state index contributed by atoms with van der Waals surface area (Å²) in [5, 5.41) is 7.25. The molecule has 5 nitrogen and oxygen atoms in total. The molecule has 0 bridgehead atoms. The number of nitrogens with one attached hydrogen (secondary N) is 1. The second-order valence-electron chi connectivity index (χ2n) is 5.55. The van der Waals surface area contributed by atoms with Crippen LogP contribution in [0.25, 0.3) is 0 Å². The van der Waals surface area contributed by atoms with Gasteiger partial charge in [0.25, 0.3) is 0 Å². The highest BCUT2D eigenvalue weighted by Gasteiger charge is 2.26. The van der Waals surface area contributed by atoms with E-state index in [1.807, 2.05) is 4.68 Å². The van der Waals surface area contributed by atoms with Crippen LogP contribution >= 0.6 is 0 Å². The van der Waals surface area contributed by atoms with Crippen molar-refractivity contribution in [3.63, 3.8) is 0 Å². The summed E-state index contributed by atoms with van der Waals surface area (Å²) in [7, 11) is 0. The molecule has 2 aliphatic rings. The third-order valence-corrected chi connectivity index (χ3v) is 4.09. The van der Waals surface area contributed by atoms with Gasteiger partial charge in [-0.2, -0.15) is 4.98 Å². The predicted molar refractivity (Wildman–Crippen MR) is 72.6 cm³/mol. The number of amides is 1. The SMILES string of the molecule is C[C@@H]1CC=CC[C@H]1C(=O)Nc1nc2n(n1)CCCC2. The van der Waals surface area contributed by atoms with Gasteiger partial charge in [0.1, 0.15) is 5.82 Å². The Morgan fingerprint density at radius 3 is 3.00 bits per heavy atom. The number of anilines is 1. The zero-order chi connectivity index (χ0) is 13.2. The van der Waals surface area contributed by atoms with E-state index in [2.05, 4.69) is 34.5 Å². The van der Waals surface area contributed by atoms with Gasteiger partial charge in [0, 0.05) is 18.9 Å². The van der Waals surface area contributed by atoms with Crippen LogP contribution in [0, 0.1) is 11.8 Å². The van der Waals surface area contributed by atoms with E-state index in [9.17, 15) is 4.79 Å². The third-order valence-electron chi connectivity index (χ3n) is 4.09. The largest absolute Gasteiger partial charge is 0.293 e. The predicted octanol–water partition coefficient (Wildman–Crippen LogP) is 2.16. The number of hydrogen-bond acceptors (Lipinski definition) is 3. The number of nitrogens with zero attached hydrogens (tertiary/aromatic N) is 3. The Labute approximate surface area is 113 Å². The Bertz CT molecular complexity index is 482. The highest BCUT2D eigenvalue weighted by molar-refractivity contribution is 5.91. The van der Waals surface area contributed by atoms with Crippen molar-refractivity contribution in [2.24, 2.45) is 11.8 Å². The second-order valence-corrected chi connectivity index (χ2v) is 5.55. The first-order chi connectivity index (χ1) is 9.24. The number of allylic oxidation sites excluding steroid dienone is 2. The molecular weight excluding hydrogens is 240 g/mol. The van der Waals surface area contributed by atoms with Crippen molar-refractivity contribution >= 4 is 11.9 Å². The van der Waals surface area contributed by atoms with Crippen LogP contribution in [0.4, 0.5) is 5.95 Å². The average molecular weight is 260 g/mol. The van der Waals surface area contributed by atoms with Gasteiger partial charge in [-0.05, 0) is 31.6 Å². The van der Waals surface area contributed by atoms with Crippen molar-refractivity contribution < 1.29 is 4.79 Å². The number of fused-ring (bicyclic) bond motifs is 1. The maximum atomic E-state index is 12.3. The fourth-order valence-electron chi connectivity index (χ4n) is 2.85. The minimum Gasteiger partial charge on any atom is -0.293 e. The number of carbonyl (C=O) groups excluding carboxylic acids is 1. The van der Waals surface area contributed by atoms with Crippen molar-refractivity contribution in [2.45, 2.75) is 45.6 Å². The standard InChI is InChI=1S/C14H20N4O/c1-10-6-2-3-7-11(10)13(19)16-14-15-12-8-4-5-9-18(12)17-14/h2-3,10-11H,4-9H2,1H3,(H,16,17,19)/t10-,11-/m1/s1. The van der Waals surface area contributed by atoms with Crippen LogP contribution in [0.3, 0.4) is 0 Å². The molecule has 3 rings (SSSR count). The first kappa shape index (κ1) is 12.4. The Balaban J connectivity index is 1.69. The maximum absolute atomic E-state index is 12.3. The highest BCUT2D eigenvalue weighted by Crippen LogP contribution is 2.26. The molecule has 19 heavy (non-hydrogen) atoms. The minimum absolute atomic E-state index is 0.0468. The van der Waals surface area contributed by atoms with Crippen molar-refractivity contribution in [1.82, 2.24) is 14.8 Å². The number of aryl methyl sites for hydroxylation is 2. The fourth-order valence-corrected chi connectivity index (χ4v) is 2.85. The molecule has 0 saturated heterocycles. The topological polar surface area (TPSA) is 59.8 Å². The zero-order valence-corrected chi connectivity index (χ0v) is 11.3. The van der Waals surface area contributed by atoms with E-state index in [0.29, 0.717) is 11.9 Å². The highest BCUT2D eigenvalue weighted by atomic mass is 16.2. The molecule has 1 N–H and O–H groups in total. The summed E-state index contributed by atoms with van der Waals surface area (Å²) in [5.41, 5.74) is 0. The lowest BCUT2D eigenvalue weighted by molar-refractivity contribution is -0.121. The molecule has 1 aromatic rings. The maximum Gasteiger partial charge on any atom is 0.248 e. The summed E-state index contributed by atoms with van der Waals surface area (Å²) in [6.07, 6.45) is 9.32. The molecule has 0 fully saturated rings.